The smallest absolute Gasteiger partial charge is 0.326 e. The van der Waals surface area contributed by atoms with Crippen LogP contribution in [0.15, 0.2) is 24.7 Å². The van der Waals surface area contributed by atoms with Gasteiger partial charge in [0.1, 0.15) is 10.9 Å². The Morgan fingerprint density at radius 2 is 2.05 bits per heavy atom. The summed E-state index contributed by atoms with van der Waals surface area (Å²) in [6, 6.07) is 0.807. The average molecular weight is 320 g/mol. The van der Waals surface area contributed by atoms with Crippen LogP contribution in [0.5, 0.6) is 0 Å². The Kier molecular flexibility index (Phi) is 5.54. The second kappa shape index (κ2) is 7.60. The van der Waals surface area contributed by atoms with E-state index in [0.717, 1.165) is 24.2 Å². The van der Waals surface area contributed by atoms with Crippen molar-refractivity contribution in [3.8, 4) is 10.8 Å². The minimum atomic E-state index is -1.03. The standard InChI is InChI=1S/C14H16N4O3S/c1-2-3-5-9(14(20)21)18-12(19)10-8-17-13(22-10)11-15-6-4-7-16-11/h4,6-9H,2-3,5H2,1H3,(H,18,19)(H,20,21). The Morgan fingerprint density at radius 1 is 1.32 bits per heavy atom. The zero-order valence-corrected chi connectivity index (χ0v) is 12.8. The maximum absolute atomic E-state index is 12.1. The topological polar surface area (TPSA) is 105 Å². The molecule has 0 aliphatic rings. The summed E-state index contributed by atoms with van der Waals surface area (Å²) in [6.07, 6.45) is 6.61. The fourth-order valence-corrected chi connectivity index (χ4v) is 2.55. The molecule has 0 radical (unpaired) electrons. The van der Waals surface area contributed by atoms with Gasteiger partial charge in [0.2, 0.25) is 0 Å². The minimum absolute atomic E-state index is 0.338. The third kappa shape index (κ3) is 4.08. The second-order valence-corrected chi connectivity index (χ2v) is 5.64. The molecule has 1 atom stereocenters. The summed E-state index contributed by atoms with van der Waals surface area (Å²) in [4.78, 5) is 35.8. The second-order valence-electron chi connectivity index (χ2n) is 4.61. The molecule has 2 aromatic rings. The van der Waals surface area contributed by atoms with Gasteiger partial charge in [-0.1, -0.05) is 19.8 Å². The molecule has 0 spiro atoms. The average Bonchev–Trinajstić information content (AvgIpc) is 3.02. The van der Waals surface area contributed by atoms with Gasteiger partial charge in [-0.3, -0.25) is 4.79 Å². The van der Waals surface area contributed by atoms with Crippen LogP contribution in [0.2, 0.25) is 0 Å². The van der Waals surface area contributed by atoms with Gasteiger partial charge >= 0.3 is 5.97 Å². The van der Waals surface area contributed by atoms with Gasteiger partial charge in [-0.2, -0.15) is 0 Å². The maximum Gasteiger partial charge on any atom is 0.326 e. The number of carbonyl (C=O) groups is 2. The van der Waals surface area contributed by atoms with Crippen LogP contribution in [-0.4, -0.2) is 38.0 Å². The normalized spacial score (nSPS) is 11.9. The van der Waals surface area contributed by atoms with Crippen molar-refractivity contribution >= 4 is 23.2 Å². The van der Waals surface area contributed by atoms with Crippen molar-refractivity contribution in [2.75, 3.05) is 0 Å². The summed E-state index contributed by atoms with van der Waals surface area (Å²) < 4.78 is 0. The predicted molar refractivity (Wildman–Crippen MR) is 81.6 cm³/mol. The zero-order chi connectivity index (χ0) is 15.9. The zero-order valence-electron chi connectivity index (χ0n) is 12.0. The summed E-state index contributed by atoms with van der Waals surface area (Å²) >= 11 is 1.13. The first-order valence-corrected chi connectivity index (χ1v) is 7.70. The van der Waals surface area contributed by atoms with E-state index in [-0.39, 0.29) is 0 Å². The molecule has 116 valence electrons. The van der Waals surface area contributed by atoms with E-state index in [2.05, 4.69) is 20.3 Å². The first kappa shape index (κ1) is 16.0. The lowest BCUT2D eigenvalue weighted by Crippen LogP contribution is -2.40. The number of unbranched alkanes of at least 4 members (excludes halogenated alkanes) is 1. The number of carboxylic acids is 1. The molecule has 0 saturated carbocycles. The molecule has 0 saturated heterocycles. The Hall–Kier alpha value is -2.35. The van der Waals surface area contributed by atoms with Crippen LogP contribution < -0.4 is 5.32 Å². The number of carboxylic acid groups (broad SMARTS) is 1. The van der Waals surface area contributed by atoms with Crippen molar-refractivity contribution in [2.45, 2.75) is 32.2 Å². The molecular formula is C14H16N4O3S. The fourth-order valence-electron chi connectivity index (χ4n) is 1.79. The van der Waals surface area contributed by atoms with Gasteiger partial charge in [0.15, 0.2) is 10.8 Å². The highest BCUT2D eigenvalue weighted by Crippen LogP contribution is 2.21. The lowest BCUT2D eigenvalue weighted by atomic mass is 10.1. The Balaban J connectivity index is 2.06. The lowest BCUT2D eigenvalue weighted by molar-refractivity contribution is -0.139. The first-order chi connectivity index (χ1) is 10.6. The number of rotatable bonds is 7. The van der Waals surface area contributed by atoms with Crippen LogP contribution in [0, 0.1) is 0 Å². The van der Waals surface area contributed by atoms with Crippen LogP contribution in [0.3, 0.4) is 0 Å². The molecule has 0 aliphatic carbocycles. The van der Waals surface area contributed by atoms with E-state index < -0.39 is 17.9 Å². The quantitative estimate of drug-likeness (QED) is 0.808. The number of nitrogens with one attached hydrogen (secondary N) is 1. The van der Waals surface area contributed by atoms with Crippen LogP contribution >= 0.6 is 11.3 Å². The molecule has 2 aromatic heterocycles. The first-order valence-electron chi connectivity index (χ1n) is 6.88. The highest BCUT2D eigenvalue weighted by atomic mass is 32.1. The molecule has 0 fully saturated rings. The fraction of sp³-hybridized carbons (Fsp3) is 0.357. The molecule has 2 heterocycles. The SMILES string of the molecule is CCCCC(NC(=O)c1cnc(-c2ncccn2)s1)C(=O)O. The summed E-state index contributed by atoms with van der Waals surface area (Å²) in [5.74, 6) is -1.03. The third-order valence-electron chi connectivity index (χ3n) is 2.94. The maximum atomic E-state index is 12.1. The van der Waals surface area contributed by atoms with Crippen molar-refractivity contribution in [1.82, 2.24) is 20.3 Å². The molecule has 2 rings (SSSR count). The number of aromatic nitrogens is 3. The van der Waals surface area contributed by atoms with Crippen molar-refractivity contribution in [3.05, 3.63) is 29.5 Å². The van der Waals surface area contributed by atoms with E-state index in [1.54, 1.807) is 18.5 Å². The number of hydrogen-bond acceptors (Lipinski definition) is 6. The molecule has 7 nitrogen and oxygen atoms in total. The van der Waals surface area contributed by atoms with Gasteiger partial charge in [0, 0.05) is 12.4 Å². The van der Waals surface area contributed by atoms with Gasteiger partial charge in [0.25, 0.3) is 5.91 Å². The monoisotopic (exact) mass is 320 g/mol. The number of thiazole rings is 1. The van der Waals surface area contributed by atoms with Crippen molar-refractivity contribution in [2.24, 2.45) is 0 Å². The van der Waals surface area contributed by atoms with Gasteiger partial charge in [-0.25, -0.2) is 19.7 Å². The van der Waals surface area contributed by atoms with Crippen LogP contribution in [0.4, 0.5) is 0 Å². The number of nitrogens with zero attached hydrogens (tertiary/aromatic N) is 3. The van der Waals surface area contributed by atoms with E-state index >= 15 is 0 Å². The van der Waals surface area contributed by atoms with Crippen LogP contribution in [0.1, 0.15) is 35.9 Å². The molecule has 0 bridgehead atoms. The highest BCUT2D eigenvalue weighted by molar-refractivity contribution is 7.16. The molecular weight excluding hydrogens is 304 g/mol. The van der Waals surface area contributed by atoms with Crippen LogP contribution in [-0.2, 0) is 4.79 Å². The highest BCUT2D eigenvalue weighted by Gasteiger charge is 2.21. The van der Waals surface area contributed by atoms with Gasteiger partial charge in [-0.05, 0) is 12.5 Å². The molecule has 2 N–H and O–H groups in total. The van der Waals surface area contributed by atoms with Crippen molar-refractivity contribution in [3.63, 3.8) is 0 Å². The molecule has 22 heavy (non-hydrogen) atoms. The van der Waals surface area contributed by atoms with E-state index in [0.29, 0.717) is 22.1 Å². The van der Waals surface area contributed by atoms with Gasteiger partial charge in [0.05, 0.1) is 6.20 Å². The minimum Gasteiger partial charge on any atom is -0.480 e. The van der Waals surface area contributed by atoms with Crippen molar-refractivity contribution in [1.29, 1.82) is 0 Å². The predicted octanol–water partition coefficient (Wildman–Crippen LogP) is 1.97. The Bertz CT molecular complexity index is 645. The Morgan fingerprint density at radius 3 is 2.68 bits per heavy atom. The number of hydrogen-bond donors (Lipinski definition) is 2. The molecule has 1 amide bonds. The van der Waals surface area contributed by atoms with E-state index in [4.69, 9.17) is 5.11 Å². The molecule has 0 aliphatic heterocycles. The van der Waals surface area contributed by atoms with E-state index in [9.17, 15) is 9.59 Å². The molecule has 1 unspecified atom stereocenters. The lowest BCUT2D eigenvalue weighted by Gasteiger charge is -2.12. The van der Waals surface area contributed by atoms with Gasteiger partial charge < -0.3 is 10.4 Å². The molecule has 8 heteroatoms. The largest absolute Gasteiger partial charge is 0.480 e. The van der Waals surface area contributed by atoms with E-state index in [1.165, 1.54) is 6.20 Å². The summed E-state index contributed by atoms with van der Waals surface area (Å²) in [6.45, 7) is 1.97. The summed E-state index contributed by atoms with van der Waals surface area (Å²) in [7, 11) is 0. The van der Waals surface area contributed by atoms with Gasteiger partial charge in [-0.15, -0.1) is 11.3 Å². The van der Waals surface area contributed by atoms with E-state index in [1.807, 2.05) is 6.92 Å². The molecule has 0 aromatic carbocycles. The third-order valence-corrected chi connectivity index (χ3v) is 3.93. The Labute approximate surface area is 131 Å². The van der Waals surface area contributed by atoms with Crippen LogP contribution in [0.25, 0.3) is 10.8 Å². The number of amides is 1. The summed E-state index contributed by atoms with van der Waals surface area (Å²) in [5, 5.41) is 12.2. The van der Waals surface area contributed by atoms with Crippen molar-refractivity contribution < 1.29 is 14.7 Å². The number of aliphatic carboxylic acids is 1. The number of carbonyl (C=O) groups excluding carboxylic acids is 1. The summed E-state index contributed by atoms with van der Waals surface area (Å²) in [5.41, 5.74) is 0.